The van der Waals surface area contributed by atoms with Crippen LogP contribution in [0.25, 0.3) is 21.7 Å². The number of hydrogen-bond donors (Lipinski definition) is 5. The van der Waals surface area contributed by atoms with Gasteiger partial charge in [0.25, 0.3) is 0 Å². The number of phenols is 1. The van der Waals surface area contributed by atoms with Crippen LogP contribution in [0.15, 0.2) is 60.1 Å². The molecule has 2 aliphatic rings. The van der Waals surface area contributed by atoms with Gasteiger partial charge in [-0.05, 0) is 41.7 Å². The fourth-order valence-corrected chi connectivity index (χ4v) is 7.42. The SMILES string of the molecule is Cc1ncsc1-c1ccc(CNC(=O)[C@@H]2C[C@@H](O)CN2C(=O)C(NC(=O)N2CCN(c3cc(-c4ccccc4O)nnc3N)CC2)C(C)(C)C)cc1. The normalized spacial score (nSPS) is 18.3. The molecular formula is C37H45N9O5S. The highest BCUT2D eigenvalue weighted by molar-refractivity contribution is 7.13. The van der Waals surface area contributed by atoms with Gasteiger partial charge in [0.15, 0.2) is 5.82 Å². The van der Waals surface area contributed by atoms with E-state index < -0.39 is 35.5 Å². The summed E-state index contributed by atoms with van der Waals surface area (Å²) < 4.78 is 0. The molecule has 1 unspecified atom stereocenters. The van der Waals surface area contributed by atoms with Crippen molar-refractivity contribution >= 4 is 40.7 Å². The van der Waals surface area contributed by atoms with Crippen LogP contribution in [-0.4, -0.2) is 104 Å². The van der Waals surface area contributed by atoms with Crippen LogP contribution >= 0.6 is 11.3 Å². The van der Waals surface area contributed by atoms with Crippen molar-refractivity contribution < 1.29 is 24.6 Å². The second-order valence-electron chi connectivity index (χ2n) is 14.3. The molecule has 0 aliphatic carbocycles. The summed E-state index contributed by atoms with van der Waals surface area (Å²) in [4.78, 5) is 51.7. The molecule has 2 saturated heterocycles. The molecule has 6 rings (SSSR count). The fraction of sp³-hybridized carbons (Fsp3) is 0.405. The highest BCUT2D eigenvalue weighted by Crippen LogP contribution is 2.32. The smallest absolute Gasteiger partial charge is 0.318 e. The van der Waals surface area contributed by atoms with E-state index >= 15 is 0 Å². The second kappa shape index (κ2) is 15.1. The molecule has 4 amide bonds. The van der Waals surface area contributed by atoms with Gasteiger partial charge in [0.05, 0.1) is 33.6 Å². The number of aryl methyl sites for hydroxylation is 1. The number of β-amino-alcohol motifs (C(OH)–C–C–N with tert-alkyl or cyclic N) is 1. The minimum atomic E-state index is -0.956. The van der Waals surface area contributed by atoms with Crippen LogP contribution in [0.5, 0.6) is 5.75 Å². The lowest BCUT2D eigenvalue weighted by Crippen LogP contribution is -2.61. The molecule has 0 saturated carbocycles. The average Bonchev–Trinajstić information content (AvgIpc) is 3.74. The predicted molar refractivity (Wildman–Crippen MR) is 199 cm³/mol. The van der Waals surface area contributed by atoms with E-state index in [0.29, 0.717) is 43.1 Å². The van der Waals surface area contributed by atoms with Crippen molar-refractivity contribution in [2.24, 2.45) is 5.41 Å². The van der Waals surface area contributed by atoms with E-state index in [2.05, 4.69) is 25.8 Å². The number of amides is 4. The lowest BCUT2D eigenvalue weighted by Gasteiger charge is -2.39. The van der Waals surface area contributed by atoms with Crippen LogP contribution in [0.3, 0.4) is 0 Å². The van der Waals surface area contributed by atoms with Gasteiger partial charge in [0.1, 0.15) is 17.8 Å². The largest absolute Gasteiger partial charge is 0.507 e. The molecule has 2 aromatic heterocycles. The van der Waals surface area contributed by atoms with Crippen molar-refractivity contribution in [1.29, 1.82) is 0 Å². The number of aliphatic hydroxyl groups is 1. The molecule has 2 fully saturated rings. The molecule has 52 heavy (non-hydrogen) atoms. The first-order chi connectivity index (χ1) is 24.8. The molecule has 14 nitrogen and oxygen atoms in total. The summed E-state index contributed by atoms with van der Waals surface area (Å²) in [7, 11) is 0. The maximum absolute atomic E-state index is 14.1. The van der Waals surface area contributed by atoms with Crippen LogP contribution in [-0.2, 0) is 16.1 Å². The van der Waals surface area contributed by atoms with Gasteiger partial charge in [0.2, 0.25) is 11.8 Å². The number of rotatable bonds is 8. The number of nitrogens with one attached hydrogen (secondary N) is 2. The summed E-state index contributed by atoms with van der Waals surface area (Å²) >= 11 is 1.57. The number of nitrogen functional groups attached to an aromatic ring is 1. The third-order valence-corrected chi connectivity index (χ3v) is 10.5. The quantitative estimate of drug-likeness (QED) is 0.180. The number of piperazine rings is 1. The Morgan fingerprint density at radius 2 is 1.75 bits per heavy atom. The molecule has 2 aromatic carbocycles. The Kier molecular flexibility index (Phi) is 10.6. The van der Waals surface area contributed by atoms with Gasteiger partial charge in [-0.1, -0.05) is 57.2 Å². The van der Waals surface area contributed by atoms with Crippen molar-refractivity contribution in [3.63, 3.8) is 0 Å². The van der Waals surface area contributed by atoms with Gasteiger partial charge in [-0.3, -0.25) is 9.59 Å². The molecular weight excluding hydrogens is 683 g/mol. The van der Waals surface area contributed by atoms with E-state index in [1.807, 2.05) is 62.4 Å². The highest BCUT2D eigenvalue weighted by atomic mass is 32.1. The third-order valence-electron chi connectivity index (χ3n) is 9.56. The highest BCUT2D eigenvalue weighted by Gasteiger charge is 2.45. The number of nitrogens with two attached hydrogens (primary N) is 1. The minimum Gasteiger partial charge on any atom is -0.507 e. The van der Waals surface area contributed by atoms with Gasteiger partial charge in [-0.25, -0.2) is 9.78 Å². The summed E-state index contributed by atoms with van der Waals surface area (Å²) in [5.41, 5.74) is 11.9. The van der Waals surface area contributed by atoms with E-state index in [4.69, 9.17) is 5.73 Å². The van der Waals surface area contributed by atoms with Crippen molar-refractivity contribution in [3.05, 3.63) is 71.4 Å². The van der Waals surface area contributed by atoms with Crippen molar-refractivity contribution in [1.82, 2.24) is 35.6 Å². The number of aliphatic hydroxyl groups excluding tert-OH is 1. The summed E-state index contributed by atoms with van der Waals surface area (Å²) in [6.07, 6.45) is -0.764. The Labute approximate surface area is 306 Å². The number of aromatic hydroxyl groups is 1. The molecule has 274 valence electrons. The molecule has 0 spiro atoms. The number of nitrogens with zero attached hydrogens (tertiary/aromatic N) is 6. The zero-order chi connectivity index (χ0) is 37.2. The molecule has 3 atom stereocenters. The number of benzene rings is 2. The lowest BCUT2D eigenvalue weighted by atomic mass is 9.85. The molecule has 0 bridgehead atoms. The lowest BCUT2D eigenvalue weighted by molar-refractivity contribution is -0.142. The van der Waals surface area contributed by atoms with Crippen molar-refractivity contribution in [2.75, 3.05) is 43.4 Å². The zero-order valence-corrected chi connectivity index (χ0v) is 30.6. The van der Waals surface area contributed by atoms with Gasteiger partial charge < -0.3 is 41.3 Å². The summed E-state index contributed by atoms with van der Waals surface area (Å²) in [5, 5.41) is 35.0. The number of thiazole rings is 1. The number of hydrogen-bond acceptors (Lipinski definition) is 11. The first-order valence-corrected chi connectivity index (χ1v) is 18.2. The van der Waals surface area contributed by atoms with Crippen LogP contribution in [0.1, 0.15) is 38.4 Å². The number of para-hydroxylation sites is 1. The fourth-order valence-electron chi connectivity index (χ4n) is 6.61. The number of urea groups is 1. The first kappa shape index (κ1) is 36.5. The average molecular weight is 728 g/mol. The zero-order valence-electron chi connectivity index (χ0n) is 29.7. The number of carbonyl (C=O) groups excluding carboxylic acids is 3. The molecule has 0 radical (unpaired) electrons. The monoisotopic (exact) mass is 727 g/mol. The maximum Gasteiger partial charge on any atom is 0.318 e. The first-order valence-electron chi connectivity index (χ1n) is 17.3. The van der Waals surface area contributed by atoms with E-state index in [1.54, 1.807) is 46.6 Å². The Hall–Kier alpha value is -5.28. The van der Waals surface area contributed by atoms with E-state index in [1.165, 1.54) is 4.90 Å². The Bertz CT molecular complexity index is 1920. The molecule has 15 heteroatoms. The van der Waals surface area contributed by atoms with Crippen LogP contribution < -0.4 is 21.3 Å². The topological polar surface area (TPSA) is 190 Å². The minimum absolute atomic E-state index is 0.00885. The molecule has 6 N–H and O–H groups in total. The molecule has 4 aromatic rings. The van der Waals surface area contributed by atoms with E-state index in [9.17, 15) is 24.6 Å². The van der Waals surface area contributed by atoms with Crippen molar-refractivity contribution in [3.8, 4) is 27.4 Å². The summed E-state index contributed by atoms with van der Waals surface area (Å²) in [6, 6.07) is 14.3. The number of carbonyl (C=O) groups is 3. The summed E-state index contributed by atoms with van der Waals surface area (Å²) in [5.74, 6) is -0.469. The Balaban J connectivity index is 1.07. The van der Waals surface area contributed by atoms with Gasteiger partial charge in [-0.15, -0.1) is 21.5 Å². The van der Waals surface area contributed by atoms with E-state index in [0.717, 1.165) is 21.7 Å². The predicted octanol–water partition coefficient (Wildman–Crippen LogP) is 3.39. The number of phenolic OH excluding ortho intramolecular Hbond substituents is 1. The molecule has 4 heterocycles. The van der Waals surface area contributed by atoms with Crippen molar-refractivity contribution in [2.45, 2.75) is 58.8 Å². The van der Waals surface area contributed by atoms with E-state index in [-0.39, 0.29) is 37.0 Å². The molecule has 2 aliphatic heterocycles. The summed E-state index contributed by atoms with van der Waals surface area (Å²) in [6.45, 7) is 9.39. The Morgan fingerprint density at radius 3 is 2.40 bits per heavy atom. The van der Waals surface area contributed by atoms with Crippen LogP contribution in [0.2, 0.25) is 0 Å². The maximum atomic E-state index is 14.1. The third kappa shape index (κ3) is 7.95. The standard InChI is InChI=1S/C37H45N9O5S/c1-22-31(52-21-40-22)24-11-9-23(10-12-24)19-39-34(49)29-17-25(47)20-46(29)35(50)32(37(2,3)4)41-36(51)45-15-13-44(14-16-45)28-18-27(42-43-33(28)38)26-7-5-6-8-30(26)48/h5-12,18,21,25,29,32,47-48H,13-17,19-20H2,1-4H3,(H2,38,43)(H,39,49)(H,41,51)/t25-,29+,32?/m1/s1. The van der Waals surface area contributed by atoms with Gasteiger partial charge in [-0.2, -0.15) is 0 Å². The number of anilines is 2. The second-order valence-corrected chi connectivity index (χ2v) is 15.2. The van der Waals surface area contributed by atoms with Crippen LogP contribution in [0.4, 0.5) is 16.3 Å². The van der Waals surface area contributed by atoms with Gasteiger partial charge >= 0.3 is 6.03 Å². The Morgan fingerprint density at radius 1 is 1.04 bits per heavy atom. The van der Waals surface area contributed by atoms with Crippen LogP contribution in [0, 0.1) is 12.3 Å². The number of likely N-dealkylation sites (tertiary alicyclic amines) is 1. The van der Waals surface area contributed by atoms with Gasteiger partial charge in [0, 0.05) is 51.3 Å². The number of aromatic nitrogens is 3.